The summed E-state index contributed by atoms with van der Waals surface area (Å²) < 4.78 is 0. The van der Waals surface area contributed by atoms with Crippen LogP contribution in [0.5, 0.6) is 0 Å². The lowest BCUT2D eigenvalue weighted by molar-refractivity contribution is 0.780. The van der Waals surface area contributed by atoms with Crippen LogP contribution >= 0.6 is 11.3 Å². The minimum Gasteiger partial charge on any atom is -0.346 e. The van der Waals surface area contributed by atoms with Crippen LogP contribution in [-0.2, 0) is 12.8 Å². The highest BCUT2D eigenvalue weighted by Crippen LogP contribution is 2.28. The van der Waals surface area contributed by atoms with Gasteiger partial charge in [-0.3, -0.25) is 5.10 Å². The van der Waals surface area contributed by atoms with Crippen LogP contribution in [-0.4, -0.2) is 33.5 Å². The first-order valence-corrected chi connectivity index (χ1v) is 8.29. The third kappa shape index (κ3) is 2.39. The van der Waals surface area contributed by atoms with E-state index in [4.69, 9.17) is 0 Å². The minimum absolute atomic E-state index is 0.956. The van der Waals surface area contributed by atoms with Crippen LogP contribution in [0.4, 0.5) is 5.13 Å². The fourth-order valence-electron chi connectivity index (χ4n) is 2.92. The van der Waals surface area contributed by atoms with Gasteiger partial charge in [-0.05, 0) is 13.3 Å². The average Bonchev–Trinajstić information content (AvgIpc) is 3.10. The van der Waals surface area contributed by atoms with E-state index in [2.05, 4.69) is 49.6 Å². The van der Waals surface area contributed by atoms with Crippen LogP contribution < -0.4 is 4.90 Å². The Hall–Kier alpha value is -2.21. The number of hydrogen-bond donors (Lipinski definition) is 1. The molecule has 0 unspecified atom stereocenters. The van der Waals surface area contributed by atoms with Gasteiger partial charge >= 0.3 is 0 Å². The summed E-state index contributed by atoms with van der Waals surface area (Å²) >= 11 is 1.66. The molecule has 1 aliphatic heterocycles. The Morgan fingerprint density at radius 2 is 1.91 bits per heavy atom. The maximum atomic E-state index is 4.54. The summed E-state index contributed by atoms with van der Waals surface area (Å²) in [7, 11) is 0. The van der Waals surface area contributed by atoms with Gasteiger partial charge in [-0.2, -0.15) is 5.10 Å². The van der Waals surface area contributed by atoms with Gasteiger partial charge in [0.15, 0.2) is 0 Å². The van der Waals surface area contributed by atoms with Gasteiger partial charge in [0.25, 0.3) is 0 Å². The quantitative estimate of drug-likeness (QED) is 0.790. The number of fused-ring (bicyclic) bond motifs is 1. The van der Waals surface area contributed by atoms with Crippen molar-refractivity contribution in [2.45, 2.75) is 19.8 Å². The average molecular weight is 311 g/mol. The van der Waals surface area contributed by atoms with E-state index in [-0.39, 0.29) is 0 Å². The molecule has 0 saturated carbocycles. The molecule has 0 atom stereocenters. The number of benzene rings is 1. The standard InChI is InChI=1S/C16H17N5S/c1-11-17-20-16(22-11)21-9-7-13-14(8-10-21)18-19-15(13)12-5-3-2-4-6-12/h2-6H,7-10H2,1H3,(H,18,19). The van der Waals surface area contributed by atoms with Gasteiger partial charge in [-0.15, -0.1) is 10.2 Å². The zero-order chi connectivity index (χ0) is 14.9. The highest BCUT2D eigenvalue weighted by atomic mass is 32.1. The molecule has 6 heteroatoms. The Kier molecular flexibility index (Phi) is 3.38. The summed E-state index contributed by atoms with van der Waals surface area (Å²) in [6.07, 6.45) is 1.95. The lowest BCUT2D eigenvalue weighted by Crippen LogP contribution is -2.26. The van der Waals surface area contributed by atoms with Crippen molar-refractivity contribution < 1.29 is 0 Å². The van der Waals surface area contributed by atoms with E-state index in [1.807, 2.05) is 13.0 Å². The van der Waals surface area contributed by atoms with Crippen molar-refractivity contribution in [3.63, 3.8) is 0 Å². The molecule has 1 aliphatic rings. The van der Waals surface area contributed by atoms with Crippen LogP contribution in [0.3, 0.4) is 0 Å². The van der Waals surface area contributed by atoms with E-state index in [1.165, 1.54) is 16.8 Å². The molecule has 0 bridgehead atoms. The highest BCUT2D eigenvalue weighted by molar-refractivity contribution is 7.15. The second kappa shape index (κ2) is 5.53. The van der Waals surface area contributed by atoms with Gasteiger partial charge in [0, 0.05) is 36.3 Å². The molecule has 5 nitrogen and oxygen atoms in total. The number of nitrogens with one attached hydrogen (secondary N) is 1. The topological polar surface area (TPSA) is 57.7 Å². The Morgan fingerprint density at radius 1 is 1.09 bits per heavy atom. The third-order valence-electron chi connectivity index (χ3n) is 4.05. The molecule has 3 heterocycles. The fourth-order valence-corrected chi connectivity index (χ4v) is 3.66. The third-order valence-corrected chi connectivity index (χ3v) is 4.95. The summed E-state index contributed by atoms with van der Waals surface area (Å²) in [6, 6.07) is 10.4. The molecule has 3 aromatic rings. The lowest BCUT2D eigenvalue weighted by atomic mass is 10.0. The van der Waals surface area contributed by atoms with Crippen molar-refractivity contribution in [3.8, 4) is 11.3 Å². The first-order valence-electron chi connectivity index (χ1n) is 7.48. The Labute approximate surface area is 133 Å². The highest BCUT2D eigenvalue weighted by Gasteiger charge is 2.21. The molecule has 1 N–H and O–H groups in total. The molecule has 112 valence electrons. The number of H-pyrrole nitrogens is 1. The van der Waals surface area contributed by atoms with E-state index < -0.39 is 0 Å². The van der Waals surface area contributed by atoms with Gasteiger partial charge in [0.2, 0.25) is 5.13 Å². The van der Waals surface area contributed by atoms with E-state index in [0.29, 0.717) is 0 Å². The van der Waals surface area contributed by atoms with E-state index in [1.54, 1.807) is 11.3 Å². The van der Waals surface area contributed by atoms with Gasteiger partial charge in [0.05, 0.1) is 5.69 Å². The largest absolute Gasteiger partial charge is 0.346 e. The first kappa shape index (κ1) is 13.5. The van der Waals surface area contributed by atoms with Crippen LogP contribution in [0.2, 0.25) is 0 Å². The SMILES string of the molecule is Cc1nnc(N2CCc3[nH]nc(-c4ccccc4)c3CC2)s1. The maximum Gasteiger partial charge on any atom is 0.208 e. The van der Waals surface area contributed by atoms with Gasteiger partial charge in [-0.25, -0.2) is 0 Å². The zero-order valence-electron chi connectivity index (χ0n) is 12.4. The Balaban J connectivity index is 1.62. The van der Waals surface area contributed by atoms with Crippen molar-refractivity contribution in [1.82, 2.24) is 20.4 Å². The fraction of sp³-hybridized carbons (Fsp3) is 0.312. The molecule has 0 saturated heterocycles. The molecular weight excluding hydrogens is 294 g/mol. The molecule has 0 aliphatic carbocycles. The number of hydrogen-bond acceptors (Lipinski definition) is 5. The van der Waals surface area contributed by atoms with Crippen molar-refractivity contribution in [3.05, 3.63) is 46.6 Å². The number of aromatic amines is 1. The van der Waals surface area contributed by atoms with Crippen LogP contribution in [0, 0.1) is 6.92 Å². The molecule has 22 heavy (non-hydrogen) atoms. The number of anilines is 1. The van der Waals surface area contributed by atoms with E-state index >= 15 is 0 Å². The molecule has 0 fully saturated rings. The van der Waals surface area contributed by atoms with Gasteiger partial charge in [-0.1, -0.05) is 41.7 Å². The Morgan fingerprint density at radius 3 is 2.68 bits per heavy atom. The van der Waals surface area contributed by atoms with Crippen molar-refractivity contribution in [2.75, 3.05) is 18.0 Å². The molecular formula is C16H17N5S. The van der Waals surface area contributed by atoms with Gasteiger partial charge < -0.3 is 4.90 Å². The Bertz CT molecular complexity index is 777. The van der Waals surface area contributed by atoms with Gasteiger partial charge in [0.1, 0.15) is 5.01 Å². The number of aryl methyl sites for hydroxylation is 1. The smallest absolute Gasteiger partial charge is 0.208 e. The molecule has 0 radical (unpaired) electrons. The monoisotopic (exact) mass is 311 g/mol. The normalized spacial score (nSPS) is 14.7. The minimum atomic E-state index is 0.956. The molecule has 0 spiro atoms. The lowest BCUT2D eigenvalue weighted by Gasteiger charge is -2.18. The molecule has 1 aromatic carbocycles. The predicted molar refractivity (Wildman–Crippen MR) is 88.3 cm³/mol. The van der Waals surface area contributed by atoms with Crippen molar-refractivity contribution in [2.24, 2.45) is 0 Å². The van der Waals surface area contributed by atoms with Crippen LogP contribution in [0.1, 0.15) is 16.3 Å². The summed E-state index contributed by atoms with van der Waals surface area (Å²) in [5.74, 6) is 0. The number of nitrogens with zero attached hydrogens (tertiary/aromatic N) is 4. The van der Waals surface area contributed by atoms with Crippen LogP contribution in [0.15, 0.2) is 30.3 Å². The summed E-state index contributed by atoms with van der Waals surface area (Å²) in [5, 5.41) is 18.2. The predicted octanol–water partition coefficient (Wildman–Crippen LogP) is 2.84. The molecule has 2 aromatic heterocycles. The number of rotatable bonds is 2. The zero-order valence-corrected chi connectivity index (χ0v) is 13.2. The number of aromatic nitrogens is 4. The second-order valence-electron chi connectivity index (χ2n) is 5.49. The van der Waals surface area contributed by atoms with E-state index in [9.17, 15) is 0 Å². The maximum absolute atomic E-state index is 4.54. The van der Waals surface area contributed by atoms with Crippen LogP contribution in [0.25, 0.3) is 11.3 Å². The summed E-state index contributed by atoms with van der Waals surface area (Å²) in [4.78, 5) is 2.33. The van der Waals surface area contributed by atoms with Crippen molar-refractivity contribution in [1.29, 1.82) is 0 Å². The first-order chi connectivity index (χ1) is 10.8. The second-order valence-corrected chi connectivity index (χ2v) is 6.65. The van der Waals surface area contributed by atoms with E-state index in [0.717, 1.165) is 41.8 Å². The summed E-state index contributed by atoms with van der Waals surface area (Å²) in [6.45, 7) is 3.91. The molecule has 0 amide bonds. The summed E-state index contributed by atoms with van der Waals surface area (Å²) in [5.41, 5.74) is 4.86. The molecule has 4 rings (SSSR count). The van der Waals surface area contributed by atoms with Crippen molar-refractivity contribution >= 4 is 16.5 Å².